The molecule has 0 saturated carbocycles. The zero-order chi connectivity index (χ0) is 20.7. The lowest BCUT2D eigenvalue weighted by molar-refractivity contribution is -0.142. The molecule has 1 aliphatic heterocycles. The Morgan fingerprint density at radius 1 is 1.13 bits per heavy atom. The van der Waals surface area contributed by atoms with Crippen molar-refractivity contribution >= 4 is 28.0 Å². The highest BCUT2D eigenvalue weighted by atomic mass is 16.5. The zero-order valence-electron chi connectivity index (χ0n) is 16.7. The Labute approximate surface area is 173 Å². The number of benzene rings is 2. The number of carbonyl (C=O) groups excluding carboxylic acids is 1. The molecule has 1 fully saturated rings. The van der Waals surface area contributed by atoms with Crippen LogP contribution in [0, 0.1) is 6.92 Å². The van der Waals surface area contributed by atoms with Gasteiger partial charge < -0.3 is 19.2 Å². The molecule has 0 unspecified atom stereocenters. The smallest absolute Gasteiger partial charge is 0.323 e. The van der Waals surface area contributed by atoms with E-state index in [4.69, 9.17) is 18.9 Å². The standard InChI is InChI=1S/C23H21N3O4/c1-13-7-9-14(10-8-13)21-25-19-16-5-3-4-6-18(16)30-20(19)22(26-21)29-15-11-17(24-12-15)23(27)28-2/h3-10,15,17,24H,11-12H2,1-2H3/t15-,17+/m1/s1. The highest BCUT2D eigenvalue weighted by Crippen LogP contribution is 2.35. The first kappa shape index (κ1) is 18.6. The molecule has 1 N–H and O–H groups in total. The quantitative estimate of drug-likeness (QED) is 0.521. The number of rotatable bonds is 4. The average molecular weight is 403 g/mol. The van der Waals surface area contributed by atoms with E-state index in [9.17, 15) is 4.79 Å². The molecule has 2 atom stereocenters. The molecule has 4 aromatic rings. The molecule has 5 rings (SSSR count). The predicted octanol–water partition coefficient (Wildman–Crippen LogP) is 3.63. The monoisotopic (exact) mass is 403 g/mol. The van der Waals surface area contributed by atoms with Gasteiger partial charge >= 0.3 is 5.97 Å². The first-order chi connectivity index (χ1) is 14.6. The molecule has 1 aliphatic rings. The molecule has 1 saturated heterocycles. The molecule has 30 heavy (non-hydrogen) atoms. The summed E-state index contributed by atoms with van der Waals surface area (Å²) in [6, 6.07) is 15.4. The van der Waals surface area contributed by atoms with Crippen molar-refractivity contribution in [3.05, 3.63) is 54.1 Å². The van der Waals surface area contributed by atoms with Gasteiger partial charge in [0.25, 0.3) is 5.88 Å². The molecule has 7 heteroatoms. The van der Waals surface area contributed by atoms with Gasteiger partial charge in [-0.2, -0.15) is 4.98 Å². The second-order valence-electron chi connectivity index (χ2n) is 7.45. The van der Waals surface area contributed by atoms with Crippen LogP contribution in [0.5, 0.6) is 5.88 Å². The minimum Gasteiger partial charge on any atom is -0.470 e. The third-order valence-electron chi connectivity index (χ3n) is 5.35. The summed E-state index contributed by atoms with van der Waals surface area (Å²) < 4.78 is 17.1. The average Bonchev–Trinajstić information content (AvgIpc) is 3.38. The van der Waals surface area contributed by atoms with E-state index in [-0.39, 0.29) is 18.1 Å². The number of ether oxygens (including phenoxy) is 2. The lowest BCUT2D eigenvalue weighted by Gasteiger charge is -2.13. The van der Waals surface area contributed by atoms with E-state index in [1.54, 1.807) is 0 Å². The summed E-state index contributed by atoms with van der Waals surface area (Å²) >= 11 is 0. The summed E-state index contributed by atoms with van der Waals surface area (Å²) in [6.07, 6.45) is 0.268. The molecule has 7 nitrogen and oxygen atoms in total. The number of hydrogen-bond acceptors (Lipinski definition) is 7. The van der Waals surface area contributed by atoms with Gasteiger partial charge in [-0.15, -0.1) is 0 Å². The molecule has 2 aromatic carbocycles. The minimum atomic E-state index is -0.385. The molecule has 0 radical (unpaired) electrons. The van der Waals surface area contributed by atoms with Crippen molar-refractivity contribution < 1.29 is 18.7 Å². The van der Waals surface area contributed by atoms with Crippen LogP contribution in [0.15, 0.2) is 52.9 Å². The molecule has 0 amide bonds. The number of methoxy groups -OCH3 is 1. The van der Waals surface area contributed by atoms with Crippen molar-refractivity contribution in [2.24, 2.45) is 0 Å². The van der Waals surface area contributed by atoms with Crippen molar-refractivity contribution in [1.29, 1.82) is 0 Å². The van der Waals surface area contributed by atoms with Crippen LogP contribution < -0.4 is 10.1 Å². The van der Waals surface area contributed by atoms with Crippen LogP contribution in [0.4, 0.5) is 0 Å². The van der Waals surface area contributed by atoms with Gasteiger partial charge in [0.2, 0.25) is 5.58 Å². The first-order valence-corrected chi connectivity index (χ1v) is 9.86. The van der Waals surface area contributed by atoms with Crippen LogP contribution in [0.25, 0.3) is 33.5 Å². The van der Waals surface area contributed by atoms with E-state index >= 15 is 0 Å². The molecular formula is C23H21N3O4. The third kappa shape index (κ3) is 3.27. The molecule has 0 bridgehead atoms. The fraction of sp³-hybridized carbons (Fsp3) is 0.261. The van der Waals surface area contributed by atoms with Gasteiger partial charge in [-0.1, -0.05) is 42.0 Å². The van der Waals surface area contributed by atoms with Crippen molar-refractivity contribution in [3.8, 4) is 17.3 Å². The summed E-state index contributed by atoms with van der Waals surface area (Å²) in [7, 11) is 1.38. The number of furan rings is 1. The van der Waals surface area contributed by atoms with E-state index in [0.717, 1.165) is 22.1 Å². The third-order valence-corrected chi connectivity index (χ3v) is 5.35. The fourth-order valence-electron chi connectivity index (χ4n) is 3.75. The topological polar surface area (TPSA) is 86.5 Å². The van der Waals surface area contributed by atoms with E-state index in [1.807, 2.05) is 55.5 Å². The Balaban J connectivity index is 1.59. The Hall–Kier alpha value is -3.45. The fourth-order valence-corrected chi connectivity index (χ4v) is 3.75. The Morgan fingerprint density at radius 2 is 1.93 bits per heavy atom. The minimum absolute atomic E-state index is 0.230. The van der Waals surface area contributed by atoms with E-state index < -0.39 is 0 Å². The predicted molar refractivity (Wildman–Crippen MR) is 112 cm³/mol. The van der Waals surface area contributed by atoms with Gasteiger partial charge in [0.15, 0.2) is 5.82 Å². The van der Waals surface area contributed by atoms with Gasteiger partial charge in [0, 0.05) is 23.9 Å². The highest BCUT2D eigenvalue weighted by molar-refractivity contribution is 6.04. The van der Waals surface area contributed by atoms with E-state index in [0.29, 0.717) is 35.8 Å². The van der Waals surface area contributed by atoms with Gasteiger partial charge in [-0.25, -0.2) is 4.98 Å². The SMILES string of the molecule is COC(=O)[C@@H]1C[C@@H](Oc2nc(-c3ccc(C)cc3)nc3c2oc2ccccc23)CN1. The number of nitrogens with one attached hydrogen (secondary N) is 1. The summed E-state index contributed by atoms with van der Waals surface area (Å²) in [5.41, 5.74) is 4.01. The van der Waals surface area contributed by atoms with Crippen LogP contribution >= 0.6 is 0 Å². The maximum absolute atomic E-state index is 11.8. The molecular weight excluding hydrogens is 382 g/mol. The van der Waals surface area contributed by atoms with Crippen LogP contribution in [0.3, 0.4) is 0 Å². The van der Waals surface area contributed by atoms with Gasteiger partial charge in [0.1, 0.15) is 23.2 Å². The van der Waals surface area contributed by atoms with Crippen LogP contribution in [0.1, 0.15) is 12.0 Å². The Morgan fingerprint density at radius 3 is 2.73 bits per heavy atom. The van der Waals surface area contributed by atoms with Gasteiger partial charge in [0.05, 0.1) is 7.11 Å². The number of para-hydroxylation sites is 1. The van der Waals surface area contributed by atoms with Gasteiger partial charge in [-0.05, 0) is 19.1 Å². The number of fused-ring (bicyclic) bond motifs is 3. The molecule has 152 valence electrons. The summed E-state index contributed by atoms with van der Waals surface area (Å²) in [4.78, 5) is 21.3. The van der Waals surface area contributed by atoms with Crippen molar-refractivity contribution in [2.45, 2.75) is 25.5 Å². The number of aromatic nitrogens is 2. The summed E-state index contributed by atoms with van der Waals surface area (Å²) in [5.74, 6) is 0.654. The number of esters is 1. The van der Waals surface area contributed by atoms with Crippen molar-refractivity contribution in [2.75, 3.05) is 13.7 Å². The lowest BCUT2D eigenvalue weighted by atomic mass is 10.1. The maximum Gasteiger partial charge on any atom is 0.323 e. The molecule has 0 aliphatic carbocycles. The molecule has 3 heterocycles. The van der Waals surface area contributed by atoms with E-state index in [2.05, 4.69) is 10.3 Å². The Kier molecular flexibility index (Phi) is 4.59. The lowest BCUT2D eigenvalue weighted by Crippen LogP contribution is -2.31. The number of nitrogens with zero attached hydrogens (tertiary/aromatic N) is 2. The largest absolute Gasteiger partial charge is 0.470 e. The maximum atomic E-state index is 11.8. The second-order valence-corrected chi connectivity index (χ2v) is 7.45. The van der Waals surface area contributed by atoms with Crippen LogP contribution in [-0.4, -0.2) is 41.7 Å². The van der Waals surface area contributed by atoms with Crippen LogP contribution in [-0.2, 0) is 9.53 Å². The Bertz CT molecular complexity index is 1230. The number of hydrogen-bond donors (Lipinski definition) is 1. The number of carbonyl (C=O) groups is 1. The normalized spacial score (nSPS) is 18.7. The summed E-state index contributed by atoms with van der Waals surface area (Å²) in [5, 5.41) is 4.04. The van der Waals surface area contributed by atoms with Crippen molar-refractivity contribution in [3.63, 3.8) is 0 Å². The van der Waals surface area contributed by atoms with Crippen molar-refractivity contribution in [1.82, 2.24) is 15.3 Å². The second kappa shape index (κ2) is 7.42. The highest BCUT2D eigenvalue weighted by Gasteiger charge is 2.32. The van der Waals surface area contributed by atoms with Gasteiger partial charge in [-0.3, -0.25) is 4.79 Å². The van der Waals surface area contributed by atoms with Crippen LogP contribution in [0.2, 0.25) is 0 Å². The molecule has 0 spiro atoms. The zero-order valence-corrected chi connectivity index (χ0v) is 16.7. The molecule has 2 aromatic heterocycles. The number of aryl methyl sites for hydroxylation is 1. The first-order valence-electron chi connectivity index (χ1n) is 9.86. The summed E-state index contributed by atoms with van der Waals surface area (Å²) in [6.45, 7) is 2.56. The van der Waals surface area contributed by atoms with E-state index in [1.165, 1.54) is 7.11 Å².